The van der Waals surface area contributed by atoms with Gasteiger partial charge in [0.25, 0.3) is 0 Å². The Morgan fingerprint density at radius 3 is 2.67 bits per heavy atom. The summed E-state index contributed by atoms with van der Waals surface area (Å²) < 4.78 is 0. The Hall–Kier alpha value is -1.77. The highest BCUT2D eigenvalue weighted by atomic mass is 16.3. The van der Waals surface area contributed by atoms with E-state index in [9.17, 15) is 9.90 Å². The topological polar surface area (TPSA) is 49.3 Å². The number of unbranched alkanes of at least 4 members (excludes halogenated alkanes) is 2. The third-order valence-electron chi connectivity index (χ3n) is 4.31. The number of phenolic OH excluding ortho intramolecular Hbond substituents is 1. The number of allylic oxidation sites excluding steroid dienone is 1. The van der Waals surface area contributed by atoms with Crippen molar-refractivity contribution in [3.63, 3.8) is 0 Å². The summed E-state index contributed by atoms with van der Waals surface area (Å²) in [6.07, 6.45) is 6.76. The number of fused-ring (bicyclic) bond motifs is 1. The summed E-state index contributed by atoms with van der Waals surface area (Å²) in [5.41, 5.74) is 2.88. The van der Waals surface area contributed by atoms with Crippen LogP contribution in [-0.4, -0.2) is 11.0 Å². The molecule has 0 atom stereocenters. The van der Waals surface area contributed by atoms with Crippen LogP contribution in [-0.2, 0) is 23.1 Å². The number of carbonyl (C=O) groups is 1. The summed E-state index contributed by atoms with van der Waals surface area (Å²) in [6.45, 7) is 9.65. The van der Waals surface area contributed by atoms with Crippen molar-refractivity contribution < 1.29 is 9.90 Å². The Balaban J connectivity index is 2.52. The van der Waals surface area contributed by atoms with Gasteiger partial charge in [-0.2, -0.15) is 0 Å². The second-order valence-corrected chi connectivity index (χ2v) is 6.32. The Kier molecular flexibility index (Phi) is 4.40. The minimum absolute atomic E-state index is 0.0414. The molecule has 2 N–H and O–H groups in total. The second kappa shape index (κ2) is 5.92. The number of aromatic hydroxyl groups is 1. The summed E-state index contributed by atoms with van der Waals surface area (Å²) in [5, 5.41) is 13.5. The lowest BCUT2D eigenvalue weighted by Gasteiger charge is -2.19. The van der Waals surface area contributed by atoms with E-state index in [4.69, 9.17) is 0 Å². The molecule has 1 heterocycles. The number of nitrogens with one attached hydrogen (secondary N) is 1. The van der Waals surface area contributed by atoms with Crippen LogP contribution in [0, 0.1) is 0 Å². The largest absolute Gasteiger partial charge is 0.507 e. The zero-order valence-electron chi connectivity index (χ0n) is 13.3. The minimum Gasteiger partial charge on any atom is -0.507 e. The number of rotatable bonds is 6. The molecule has 0 bridgehead atoms. The van der Waals surface area contributed by atoms with E-state index in [2.05, 4.69) is 18.8 Å². The number of hydrogen-bond donors (Lipinski definition) is 2. The third-order valence-corrected chi connectivity index (χ3v) is 4.31. The van der Waals surface area contributed by atoms with Gasteiger partial charge in [-0.3, -0.25) is 4.79 Å². The molecule has 21 heavy (non-hydrogen) atoms. The molecular weight excluding hydrogens is 262 g/mol. The summed E-state index contributed by atoms with van der Waals surface area (Å²) in [4.78, 5) is 12.2. The minimum atomic E-state index is -0.684. The van der Waals surface area contributed by atoms with E-state index in [1.165, 1.54) is 6.42 Å². The Bertz CT molecular complexity index is 573. The van der Waals surface area contributed by atoms with E-state index in [1.807, 2.05) is 19.9 Å². The molecule has 1 aliphatic rings. The molecule has 0 aliphatic carbocycles. The van der Waals surface area contributed by atoms with Crippen molar-refractivity contribution in [1.82, 2.24) is 0 Å². The quantitative estimate of drug-likeness (QED) is 0.611. The SMILES string of the molecule is C=CCc1cc(CCCCC)c2c(c1O)C(C)(C)C(=O)N2. The van der Waals surface area contributed by atoms with Gasteiger partial charge in [0.2, 0.25) is 5.91 Å². The highest BCUT2D eigenvalue weighted by molar-refractivity contribution is 6.07. The predicted molar refractivity (Wildman–Crippen MR) is 86.9 cm³/mol. The van der Waals surface area contributed by atoms with Gasteiger partial charge in [-0.1, -0.05) is 25.8 Å². The Morgan fingerprint density at radius 1 is 1.33 bits per heavy atom. The Labute approximate surface area is 127 Å². The Morgan fingerprint density at radius 2 is 2.05 bits per heavy atom. The molecule has 3 nitrogen and oxygen atoms in total. The van der Waals surface area contributed by atoms with Gasteiger partial charge in [0.15, 0.2) is 0 Å². The highest BCUT2D eigenvalue weighted by Gasteiger charge is 2.42. The van der Waals surface area contributed by atoms with E-state index in [0.29, 0.717) is 6.42 Å². The van der Waals surface area contributed by atoms with Gasteiger partial charge in [-0.25, -0.2) is 0 Å². The monoisotopic (exact) mass is 287 g/mol. The van der Waals surface area contributed by atoms with E-state index in [1.54, 1.807) is 6.08 Å². The van der Waals surface area contributed by atoms with Gasteiger partial charge in [-0.05, 0) is 50.3 Å². The first-order chi connectivity index (χ1) is 9.93. The highest BCUT2D eigenvalue weighted by Crippen LogP contribution is 2.47. The fourth-order valence-electron chi connectivity index (χ4n) is 3.00. The number of phenols is 1. The van der Waals surface area contributed by atoms with Crippen molar-refractivity contribution in [2.75, 3.05) is 5.32 Å². The lowest BCUT2D eigenvalue weighted by atomic mass is 9.82. The van der Waals surface area contributed by atoms with Crippen LogP contribution in [0.25, 0.3) is 0 Å². The molecule has 1 amide bonds. The van der Waals surface area contributed by atoms with Crippen molar-refractivity contribution in [2.24, 2.45) is 0 Å². The van der Waals surface area contributed by atoms with E-state index in [0.717, 1.165) is 41.6 Å². The van der Waals surface area contributed by atoms with Crippen LogP contribution in [0.15, 0.2) is 18.7 Å². The molecule has 1 aromatic carbocycles. The van der Waals surface area contributed by atoms with E-state index in [-0.39, 0.29) is 11.7 Å². The fraction of sp³-hybridized carbons (Fsp3) is 0.500. The first-order valence-corrected chi connectivity index (χ1v) is 7.74. The maximum absolute atomic E-state index is 12.2. The molecule has 0 saturated heterocycles. The summed E-state index contributed by atoms with van der Waals surface area (Å²) in [5.74, 6) is 0.202. The molecule has 0 radical (unpaired) electrons. The molecule has 1 aromatic rings. The smallest absolute Gasteiger partial charge is 0.234 e. The van der Waals surface area contributed by atoms with Crippen molar-refractivity contribution in [1.29, 1.82) is 0 Å². The molecule has 0 spiro atoms. The van der Waals surface area contributed by atoms with Gasteiger partial charge in [0, 0.05) is 5.56 Å². The fourth-order valence-corrected chi connectivity index (χ4v) is 3.00. The summed E-state index contributed by atoms with van der Waals surface area (Å²) in [6, 6.07) is 2.02. The third kappa shape index (κ3) is 2.69. The molecular formula is C18H25NO2. The van der Waals surface area contributed by atoms with Gasteiger partial charge in [0.1, 0.15) is 5.75 Å². The van der Waals surface area contributed by atoms with Gasteiger partial charge < -0.3 is 10.4 Å². The van der Waals surface area contributed by atoms with E-state index >= 15 is 0 Å². The standard InChI is InChI=1S/C18H25NO2/c1-5-7-8-10-12-11-13(9-6-2)16(20)14-15(12)19-17(21)18(14,3)4/h6,11,20H,2,5,7-10H2,1,3-4H3,(H,19,21). The van der Waals surface area contributed by atoms with Gasteiger partial charge in [-0.15, -0.1) is 6.58 Å². The van der Waals surface area contributed by atoms with Gasteiger partial charge >= 0.3 is 0 Å². The summed E-state index contributed by atoms with van der Waals surface area (Å²) in [7, 11) is 0. The normalized spacial score (nSPS) is 15.7. The lowest BCUT2D eigenvalue weighted by Crippen LogP contribution is -2.27. The molecule has 0 aromatic heterocycles. The predicted octanol–water partition coefficient (Wildman–Crippen LogP) is 4.08. The number of amides is 1. The zero-order valence-corrected chi connectivity index (χ0v) is 13.3. The molecule has 1 aliphatic heterocycles. The van der Waals surface area contributed by atoms with Crippen LogP contribution < -0.4 is 5.32 Å². The van der Waals surface area contributed by atoms with Gasteiger partial charge in [0.05, 0.1) is 11.1 Å². The van der Waals surface area contributed by atoms with Crippen LogP contribution >= 0.6 is 0 Å². The van der Waals surface area contributed by atoms with Crippen LogP contribution in [0.5, 0.6) is 5.75 Å². The second-order valence-electron chi connectivity index (χ2n) is 6.32. The molecule has 3 heteroatoms. The molecule has 0 saturated carbocycles. The van der Waals surface area contributed by atoms with Crippen LogP contribution in [0.4, 0.5) is 5.69 Å². The van der Waals surface area contributed by atoms with Crippen molar-refractivity contribution in [3.8, 4) is 5.75 Å². The average molecular weight is 287 g/mol. The first-order valence-electron chi connectivity index (χ1n) is 7.74. The maximum atomic E-state index is 12.2. The number of benzene rings is 1. The summed E-state index contributed by atoms with van der Waals surface area (Å²) >= 11 is 0. The van der Waals surface area contributed by atoms with Crippen molar-refractivity contribution in [3.05, 3.63) is 35.4 Å². The maximum Gasteiger partial charge on any atom is 0.234 e. The lowest BCUT2D eigenvalue weighted by molar-refractivity contribution is -0.119. The molecule has 0 unspecified atom stereocenters. The number of aryl methyl sites for hydroxylation is 1. The van der Waals surface area contributed by atoms with Crippen LogP contribution in [0.1, 0.15) is 56.7 Å². The molecule has 114 valence electrons. The molecule has 2 rings (SSSR count). The number of anilines is 1. The van der Waals surface area contributed by atoms with Crippen LogP contribution in [0.2, 0.25) is 0 Å². The van der Waals surface area contributed by atoms with E-state index < -0.39 is 5.41 Å². The first kappa shape index (κ1) is 15.6. The van der Waals surface area contributed by atoms with Crippen LogP contribution in [0.3, 0.4) is 0 Å². The number of hydrogen-bond acceptors (Lipinski definition) is 2. The van der Waals surface area contributed by atoms with Crippen molar-refractivity contribution in [2.45, 2.75) is 58.3 Å². The van der Waals surface area contributed by atoms with Crippen molar-refractivity contribution >= 4 is 11.6 Å². The zero-order chi connectivity index (χ0) is 15.6. The molecule has 0 fully saturated rings. The number of carbonyl (C=O) groups excluding carboxylic acids is 1. The average Bonchev–Trinajstić information content (AvgIpc) is 2.66.